The molecule has 1 N–H and O–H groups in total. The zero-order valence-electron chi connectivity index (χ0n) is 11.1. The largest absolute Gasteiger partial charge is 0.371 e. The molecule has 0 unspecified atom stereocenters. The predicted octanol–water partition coefficient (Wildman–Crippen LogP) is 1.69. The van der Waals surface area contributed by atoms with E-state index < -0.39 is 0 Å². The van der Waals surface area contributed by atoms with E-state index in [1.165, 1.54) is 50.3 Å². The Hall–Kier alpha value is -1.06. The molecular formula is C15H23N3. The number of benzene rings is 1. The van der Waals surface area contributed by atoms with Gasteiger partial charge in [-0.3, -0.25) is 4.90 Å². The SMILES string of the molecule is c1ccc(N2CCCC2)c(CN2CCNCC2)c1. The summed E-state index contributed by atoms with van der Waals surface area (Å²) in [5, 5.41) is 3.42. The van der Waals surface area contributed by atoms with Gasteiger partial charge in [0.1, 0.15) is 0 Å². The average molecular weight is 245 g/mol. The summed E-state index contributed by atoms with van der Waals surface area (Å²) in [7, 11) is 0. The van der Waals surface area contributed by atoms with Crippen LogP contribution in [0.3, 0.4) is 0 Å². The summed E-state index contributed by atoms with van der Waals surface area (Å²) in [6, 6.07) is 8.95. The lowest BCUT2D eigenvalue weighted by Gasteiger charge is -2.29. The van der Waals surface area contributed by atoms with Crippen molar-refractivity contribution in [2.75, 3.05) is 44.2 Å². The number of hydrogen-bond donors (Lipinski definition) is 1. The van der Waals surface area contributed by atoms with E-state index in [9.17, 15) is 0 Å². The fraction of sp³-hybridized carbons (Fsp3) is 0.600. The van der Waals surface area contributed by atoms with Gasteiger partial charge in [-0.05, 0) is 24.5 Å². The fourth-order valence-corrected chi connectivity index (χ4v) is 3.02. The minimum atomic E-state index is 1.11. The van der Waals surface area contributed by atoms with Gasteiger partial charge in [0.05, 0.1) is 0 Å². The molecule has 3 heteroatoms. The summed E-state index contributed by atoms with van der Waals surface area (Å²) in [4.78, 5) is 5.11. The van der Waals surface area contributed by atoms with Crippen LogP contribution in [0.2, 0.25) is 0 Å². The van der Waals surface area contributed by atoms with E-state index in [0.29, 0.717) is 0 Å². The van der Waals surface area contributed by atoms with Gasteiger partial charge in [0.25, 0.3) is 0 Å². The summed E-state index contributed by atoms with van der Waals surface area (Å²) >= 11 is 0. The van der Waals surface area contributed by atoms with Crippen LogP contribution in [0, 0.1) is 0 Å². The van der Waals surface area contributed by atoms with Crippen molar-refractivity contribution < 1.29 is 0 Å². The Morgan fingerprint density at radius 3 is 2.44 bits per heavy atom. The number of para-hydroxylation sites is 1. The normalized spacial score (nSPS) is 21.4. The van der Waals surface area contributed by atoms with E-state index in [-0.39, 0.29) is 0 Å². The van der Waals surface area contributed by atoms with Gasteiger partial charge in [-0.1, -0.05) is 18.2 Å². The van der Waals surface area contributed by atoms with Crippen LogP contribution in [-0.2, 0) is 6.54 Å². The molecule has 3 rings (SSSR count). The second-order valence-corrected chi connectivity index (χ2v) is 5.35. The van der Waals surface area contributed by atoms with Crippen molar-refractivity contribution in [3.8, 4) is 0 Å². The summed E-state index contributed by atoms with van der Waals surface area (Å²) in [5.41, 5.74) is 2.97. The number of nitrogens with zero attached hydrogens (tertiary/aromatic N) is 2. The van der Waals surface area contributed by atoms with Gasteiger partial charge in [0.2, 0.25) is 0 Å². The highest BCUT2D eigenvalue weighted by Gasteiger charge is 2.17. The molecule has 1 aromatic carbocycles. The van der Waals surface area contributed by atoms with Crippen LogP contribution in [-0.4, -0.2) is 44.2 Å². The number of anilines is 1. The van der Waals surface area contributed by atoms with E-state index >= 15 is 0 Å². The number of piperazine rings is 1. The molecule has 0 spiro atoms. The lowest BCUT2D eigenvalue weighted by Crippen LogP contribution is -2.43. The van der Waals surface area contributed by atoms with Crippen LogP contribution >= 0.6 is 0 Å². The summed E-state index contributed by atoms with van der Waals surface area (Å²) in [6.07, 6.45) is 2.70. The van der Waals surface area contributed by atoms with Gasteiger partial charge in [0.15, 0.2) is 0 Å². The molecular weight excluding hydrogens is 222 g/mol. The smallest absolute Gasteiger partial charge is 0.0411 e. The van der Waals surface area contributed by atoms with Gasteiger partial charge in [0, 0.05) is 51.5 Å². The van der Waals surface area contributed by atoms with E-state index in [4.69, 9.17) is 0 Å². The first-order valence-corrected chi connectivity index (χ1v) is 7.19. The second kappa shape index (κ2) is 5.72. The summed E-state index contributed by atoms with van der Waals surface area (Å²) in [6.45, 7) is 8.19. The molecule has 2 aliphatic rings. The molecule has 0 saturated carbocycles. The minimum Gasteiger partial charge on any atom is -0.371 e. The van der Waals surface area contributed by atoms with Crippen LogP contribution in [0.1, 0.15) is 18.4 Å². The zero-order chi connectivity index (χ0) is 12.2. The number of hydrogen-bond acceptors (Lipinski definition) is 3. The molecule has 0 bridgehead atoms. The first-order valence-electron chi connectivity index (χ1n) is 7.19. The Balaban J connectivity index is 1.73. The van der Waals surface area contributed by atoms with Crippen molar-refractivity contribution >= 4 is 5.69 Å². The summed E-state index contributed by atoms with van der Waals surface area (Å²) in [5.74, 6) is 0. The molecule has 0 atom stereocenters. The Bertz CT molecular complexity index is 379. The average Bonchev–Trinajstić information content (AvgIpc) is 2.94. The van der Waals surface area contributed by atoms with Crippen LogP contribution in [0.5, 0.6) is 0 Å². The molecule has 2 heterocycles. The molecule has 0 amide bonds. The molecule has 18 heavy (non-hydrogen) atoms. The molecule has 2 aliphatic heterocycles. The van der Waals surface area contributed by atoms with Crippen LogP contribution in [0.25, 0.3) is 0 Å². The molecule has 1 aromatic rings. The van der Waals surface area contributed by atoms with Gasteiger partial charge in [-0.2, -0.15) is 0 Å². The number of nitrogens with one attached hydrogen (secondary N) is 1. The Morgan fingerprint density at radius 2 is 1.67 bits per heavy atom. The van der Waals surface area contributed by atoms with Crippen molar-refractivity contribution in [3.63, 3.8) is 0 Å². The van der Waals surface area contributed by atoms with Crippen molar-refractivity contribution in [1.82, 2.24) is 10.2 Å². The molecule has 0 radical (unpaired) electrons. The molecule has 0 aromatic heterocycles. The zero-order valence-corrected chi connectivity index (χ0v) is 11.1. The first kappa shape index (κ1) is 12.0. The maximum absolute atomic E-state index is 3.42. The topological polar surface area (TPSA) is 18.5 Å². The van der Waals surface area contributed by atoms with E-state index in [1.807, 2.05) is 0 Å². The van der Waals surface area contributed by atoms with Gasteiger partial charge < -0.3 is 10.2 Å². The monoisotopic (exact) mass is 245 g/mol. The Kier molecular flexibility index (Phi) is 3.81. The van der Waals surface area contributed by atoms with Gasteiger partial charge >= 0.3 is 0 Å². The quantitative estimate of drug-likeness (QED) is 0.874. The first-order chi connectivity index (χ1) is 8.93. The highest BCUT2D eigenvalue weighted by Crippen LogP contribution is 2.25. The molecule has 2 fully saturated rings. The van der Waals surface area contributed by atoms with Crippen LogP contribution < -0.4 is 10.2 Å². The third-order valence-electron chi connectivity index (χ3n) is 4.04. The van der Waals surface area contributed by atoms with Crippen molar-refractivity contribution in [2.45, 2.75) is 19.4 Å². The predicted molar refractivity (Wildman–Crippen MR) is 76.0 cm³/mol. The minimum absolute atomic E-state index is 1.11. The Morgan fingerprint density at radius 1 is 0.944 bits per heavy atom. The van der Waals surface area contributed by atoms with Crippen molar-refractivity contribution in [3.05, 3.63) is 29.8 Å². The lowest BCUT2D eigenvalue weighted by atomic mass is 10.1. The molecule has 0 aliphatic carbocycles. The molecule has 2 saturated heterocycles. The second-order valence-electron chi connectivity index (χ2n) is 5.35. The highest BCUT2D eigenvalue weighted by atomic mass is 15.2. The van der Waals surface area contributed by atoms with Crippen molar-refractivity contribution in [2.24, 2.45) is 0 Å². The van der Waals surface area contributed by atoms with Crippen LogP contribution in [0.15, 0.2) is 24.3 Å². The molecule has 3 nitrogen and oxygen atoms in total. The van der Waals surface area contributed by atoms with Gasteiger partial charge in [-0.15, -0.1) is 0 Å². The highest BCUT2D eigenvalue weighted by molar-refractivity contribution is 5.54. The maximum Gasteiger partial charge on any atom is 0.0411 e. The lowest BCUT2D eigenvalue weighted by molar-refractivity contribution is 0.233. The summed E-state index contributed by atoms with van der Waals surface area (Å²) < 4.78 is 0. The van der Waals surface area contributed by atoms with E-state index in [2.05, 4.69) is 39.4 Å². The van der Waals surface area contributed by atoms with Gasteiger partial charge in [-0.25, -0.2) is 0 Å². The van der Waals surface area contributed by atoms with Crippen molar-refractivity contribution in [1.29, 1.82) is 0 Å². The third-order valence-corrected chi connectivity index (χ3v) is 4.04. The van der Waals surface area contributed by atoms with E-state index in [0.717, 1.165) is 19.6 Å². The molecule has 98 valence electrons. The Labute approximate surface area is 110 Å². The standard InChI is InChI=1S/C15H23N3/c1-2-6-15(18-9-3-4-10-18)14(5-1)13-17-11-7-16-8-12-17/h1-2,5-6,16H,3-4,7-13H2. The maximum atomic E-state index is 3.42. The van der Waals surface area contributed by atoms with E-state index in [1.54, 1.807) is 0 Å². The third kappa shape index (κ3) is 2.68. The van der Waals surface area contributed by atoms with Crippen LogP contribution in [0.4, 0.5) is 5.69 Å². The number of rotatable bonds is 3. The fourth-order valence-electron chi connectivity index (χ4n) is 3.02.